The molecule has 0 aliphatic heterocycles. The first-order valence-electron chi connectivity index (χ1n) is 5.38. The van der Waals surface area contributed by atoms with Crippen molar-refractivity contribution in [3.8, 4) is 0 Å². The lowest BCUT2D eigenvalue weighted by molar-refractivity contribution is 0.562. The maximum Gasteiger partial charge on any atom is 0.212 e. The summed E-state index contributed by atoms with van der Waals surface area (Å²) >= 11 is 0. The second-order valence-electron chi connectivity index (χ2n) is 3.86. The monoisotopic (exact) mass is 242 g/mol. The largest absolute Gasteiger partial charge is 0.256 e. The van der Waals surface area contributed by atoms with Crippen LogP contribution in [0.15, 0.2) is 18.2 Å². The molecule has 90 valence electrons. The quantitative estimate of drug-likeness (QED) is 0.856. The van der Waals surface area contributed by atoms with Gasteiger partial charge in [0.15, 0.2) is 0 Å². The maximum atomic E-state index is 11.6. The van der Waals surface area contributed by atoms with Gasteiger partial charge in [0.05, 0.1) is 17.5 Å². The van der Waals surface area contributed by atoms with Gasteiger partial charge in [-0.1, -0.05) is 13.0 Å². The molecule has 1 rings (SSSR count). The van der Waals surface area contributed by atoms with Crippen LogP contribution in [0.1, 0.15) is 37.7 Å². The third kappa shape index (κ3) is 3.90. The predicted molar refractivity (Wildman–Crippen MR) is 64.6 cm³/mol. The third-order valence-corrected chi connectivity index (χ3v) is 3.84. The molecule has 0 spiro atoms. The summed E-state index contributed by atoms with van der Waals surface area (Å²) in [5, 5.41) is 0. The van der Waals surface area contributed by atoms with Gasteiger partial charge in [0.2, 0.25) is 10.0 Å². The van der Waals surface area contributed by atoms with Crippen molar-refractivity contribution in [3.05, 3.63) is 29.6 Å². The lowest BCUT2D eigenvalue weighted by Gasteiger charge is -2.13. The molecule has 0 fully saturated rings. The zero-order chi connectivity index (χ0) is 12.2. The van der Waals surface area contributed by atoms with Crippen LogP contribution < -0.4 is 4.72 Å². The molecule has 1 heterocycles. The van der Waals surface area contributed by atoms with Crippen molar-refractivity contribution < 1.29 is 8.42 Å². The highest BCUT2D eigenvalue weighted by Crippen LogP contribution is 2.11. The summed E-state index contributed by atoms with van der Waals surface area (Å²) in [4.78, 5) is 4.29. The van der Waals surface area contributed by atoms with Crippen LogP contribution in [0.3, 0.4) is 0 Å². The molecule has 1 aromatic heterocycles. The van der Waals surface area contributed by atoms with Crippen LogP contribution in [0.5, 0.6) is 0 Å². The van der Waals surface area contributed by atoms with E-state index in [1.54, 1.807) is 6.92 Å². The van der Waals surface area contributed by atoms with Gasteiger partial charge >= 0.3 is 0 Å². The Morgan fingerprint density at radius 2 is 2.12 bits per heavy atom. The summed E-state index contributed by atoms with van der Waals surface area (Å²) in [6.45, 7) is 5.53. The number of nitrogens with one attached hydrogen (secondary N) is 1. The van der Waals surface area contributed by atoms with Crippen LogP contribution in [0.2, 0.25) is 0 Å². The summed E-state index contributed by atoms with van der Waals surface area (Å²) < 4.78 is 25.7. The highest BCUT2D eigenvalue weighted by molar-refractivity contribution is 7.89. The molecule has 5 heteroatoms. The second kappa shape index (κ2) is 5.41. The molecule has 0 radical (unpaired) electrons. The average Bonchev–Trinajstić information content (AvgIpc) is 2.16. The number of aromatic nitrogens is 1. The van der Waals surface area contributed by atoms with Gasteiger partial charge in [0, 0.05) is 5.69 Å². The van der Waals surface area contributed by atoms with Crippen LogP contribution in [0.25, 0.3) is 0 Å². The molecule has 1 aromatic rings. The molecule has 0 amide bonds. The van der Waals surface area contributed by atoms with Crippen LogP contribution in [-0.4, -0.2) is 19.2 Å². The number of aryl methyl sites for hydroxylation is 1. The van der Waals surface area contributed by atoms with Gasteiger partial charge in [-0.25, -0.2) is 13.1 Å². The molecule has 1 N–H and O–H groups in total. The van der Waals surface area contributed by atoms with E-state index in [2.05, 4.69) is 9.71 Å². The van der Waals surface area contributed by atoms with Crippen molar-refractivity contribution in [3.63, 3.8) is 0 Å². The van der Waals surface area contributed by atoms with Gasteiger partial charge in [-0.15, -0.1) is 0 Å². The van der Waals surface area contributed by atoms with Gasteiger partial charge in [-0.2, -0.15) is 0 Å². The minimum Gasteiger partial charge on any atom is -0.256 e. The molecule has 4 nitrogen and oxygen atoms in total. The van der Waals surface area contributed by atoms with Crippen molar-refractivity contribution in [2.24, 2.45) is 0 Å². The Morgan fingerprint density at radius 1 is 1.44 bits per heavy atom. The first kappa shape index (κ1) is 13.1. The summed E-state index contributed by atoms with van der Waals surface area (Å²) in [6.07, 6.45) is 0.614. The van der Waals surface area contributed by atoms with E-state index in [9.17, 15) is 8.42 Å². The molecule has 16 heavy (non-hydrogen) atoms. The minimum absolute atomic E-state index is 0.156. The topological polar surface area (TPSA) is 59.1 Å². The van der Waals surface area contributed by atoms with Gasteiger partial charge in [-0.3, -0.25) is 4.98 Å². The Balaban J connectivity index is 2.76. The summed E-state index contributed by atoms with van der Waals surface area (Å²) in [6, 6.07) is 5.31. The average molecular weight is 242 g/mol. The van der Waals surface area contributed by atoms with Crippen molar-refractivity contribution in [1.29, 1.82) is 0 Å². The highest BCUT2D eigenvalue weighted by Gasteiger charge is 2.15. The Labute approximate surface area is 97.2 Å². The van der Waals surface area contributed by atoms with Crippen molar-refractivity contribution in [1.82, 2.24) is 9.71 Å². The van der Waals surface area contributed by atoms with E-state index in [-0.39, 0.29) is 11.8 Å². The van der Waals surface area contributed by atoms with E-state index in [1.165, 1.54) is 0 Å². The zero-order valence-electron chi connectivity index (χ0n) is 9.90. The summed E-state index contributed by atoms with van der Waals surface area (Å²) in [5.74, 6) is 0.156. The number of sulfonamides is 1. The molecule has 0 aliphatic rings. The third-order valence-electron chi connectivity index (χ3n) is 2.18. The maximum absolute atomic E-state index is 11.6. The smallest absolute Gasteiger partial charge is 0.212 e. The molecule has 0 saturated carbocycles. The number of hydrogen-bond donors (Lipinski definition) is 1. The second-order valence-corrected chi connectivity index (χ2v) is 5.74. The lowest BCUT2D eigenvalue weighted by atomic mass is 10.2. The van der Waals surface area contributed by atoms with Crippen LogP contribution >= 0.6 is 0 Å². The van der Waals surface area contributed by atoms with Crippen molar-refractivity contribution in [2.75, 3.05) is 5.75 Å². The van der Waals surface area contributed by atoms with Gasteiger partial charge in [0.25, 0.3) is 0 Å². The highest BCUT2D eigenvalue weighted by atomic mass is 32.2. The number of rotatable bonds is 5. The Bertz CT molecular complexity index is 443. The Morgan fingerprint density at radius 3 is 2.69 bits per heavy atom. The molecular weight excluding hydrogens is 224 g/mol. The first-order valence-corrected chi connectivity index (χ1v) is 7.03. The molecule has 0 bridgehead atoms. The lowest BCUT2D eigenvalue weighted by Crippen LogP contribution is -2.29. The van der Waals surface area contributed by atoms with Crippen molar-refractivity contribution >= 4 is 10.0 Å². The van der Waals surface area contributed by atoms with E-state index >= 15 is 0 Å². The molecule has 0 saturated heterocycles. The fourth-order valence-electron chi connectivity index (χ4n) is 1.46. The van der Waals surface area contributed by atoms with E-state index in [0.717, 1.165) is 11.4 Å². The van der Waals surface area contributed by atoms with E-state index < -0.39 is 10.0 Å². The summed E-state index contributed by atoms with van der Waals surface area (Å²) in [7, 11) is -3.18. The fourth-order valence-corrected chi connectivity index (χ4v) is 2.78. The van der Waals surface area contributed by atoms with Crippen LogP contribution in [0.4, 0.5) is 0 Å². The molecule has 1 atom stereocenters. The molecule has 0 aromatic carbocycles. The molecular formula is C11H18N2O2S. The van der Waals surface area contributed by atoms with Crippen LogP contribution in [-0.2, 0) is 10.0 Å². The Hall–Kier alpha value is -0.940. The fraction of sp³-hybridized carbons (Fsp3) is 0.545. The number of pyridine rings is 1. The van der Waals surface area contributed by atoms with Crippen molar-refractivity contribution in [2.45, 2.75) is 33.2 Å². The Kier molecular flexibility index (Phi) is 4.44. The number of nitrogens with zero attached hydrogens (tertiary/aromatic N) is 1. The zero-order valence-corrected chi connectivity index (χ0v) is 10.7. The van der Waals surface area contributed by atoms with E-state index in [0.29, 0.717) is 6.42 Å². The number of hydrogen-bond acceptors (Lipinski definition) is 3. The predicted octanol–water partition coefficient (Wildman–Crippen LogP) is 1.78. The van der Waals surface area contributed by atoms with Gasteiger partial charge in [-0.05, 0) is 32.4 Å². The van der Waals surface area contributed by atoms with E-state index in [1.807, 2.05) is 32.0 Å². The standard InChI is InChI=1S/C11H18N2O2S/c1-4-8-16(14,15)13-10(3)11-7-5-6-9(2)12-11/h5-7,10,13H,4,8H2,1-3H3. The summed E-state index contributed by atoms with van der Waals surface area (Å²) in [5.41, 5.74) is 1.64. The minimum atomic E-state index is -3.18. The normalized spacial score (nSPS) is 13.7. The van der Waals surface area contributed by atoms with Gasteiger partial charge < -0.3 is 0 Å². The first-order chi connectivity index (χ1) is 7.44. The molecule has 0 aliphatic carbocycles. The van der Waals surface area contributed by atoms with Crippen LogP contribution in [0, 0.1) is 6.92 Å². The molecule has 1 unspecified atom stereocenters. The van der Waals surface area contributed by atoms with E-state index in [4.69, 9.17) is 0 Å². The van der Waals surface area contributed by atoms with Gasteiger partial charge in [0.1, 0.15) is 0 Å². The SMILES string of the molecule is CCCS(=O)(=O)NC(C)c1cccc(C)n1.